The van der Waals surface area contributed by atoms with Crippen molar-refractivity contribution in [1.29, 1.82) is 5.26 Å². The van der Waals surface area contributed by atoms with Gasteiger partial charge in [-0.2, -0.15) is 5.26 Å². The first-order chi connectivity index (χ1) is 9.74. The first-order valence-corrected chi connectivity index (χ1v) is 6.73. The predicted octanol–water partition coefficient (Wildman–Crippen LogP) is 3.68. The zero-order chi connectivity index (χ0) is 14.4. The van der Waals surface area contributed by atoms with Gasteiger partial charge in [-0.3, -0.25) is 0 Å². The van der Waals surface area contributed by atoms with E-state index in [0.717, 1.165) is 5.56 Å². The molecule has 3 nitrogen and oxygen atoms in total. The molecule has 2 rings (SSSR count). The van der Waals surface area contributed by atoms with Crippen LogP contribution in [0.3, 0.4) is 0 Å². The molecule has 0 heterocycles. The first kappa shape index (κ1) is 14.4. The standard InChI is InChI=1S/C16H15ClN2O/c17-14-7-6-13(11-19)16(10-14)20-15(8-9-18)12-4-2-1-3-5-12/h1-7,10,15H,8-9,18H2. The van der Waals surface area contributed by atoms with Crippen molar-refractivity contribution in [3.63, 3.8) is 0 Å². The maximum absolute atomic E-state index is 9.12. The highest BCUT2D eigenvalue weighted by atomic mass is 35.5. The van der Waals surface area contributed by atoms with Gasteiger partial charge in [0.25, 0.3) is 0 Å². The number of hydrogen-bond acceptors (Lipinski definition) is 3. The number of hydrogen-bond donors (Lipinski definition) is 1. The van der Waals surface area contributed by atoms with Crippen molar-refractivity contribution in [2.75, 3.05) is 6.54 Å². The van der Waals surface area contributed by atoms with Crippen molar-refractivity contribution >= 4 is 11.6 Å². The van der Waals surface area contributed by atoms with Crippen LogP contribution in [0.2, 0.25) is 5.02 Å². The highest BCUT2D eigenvalue weighted by Crippen LogP contribution is 2.29. The van der Waals surface area contributed by atoms with Gasteiger partial charge in [-0.1, -0.05) is 41.9 Å². The molecule has 0 radical (unpaired) electrons. The minimum Gasteiger partial charge on any atom is -0.484 e. The topological polar surface area (TPSA) is 59.0 Å². The molecule has 0 spiro atoms. The number of nitriles is 1. The van der Waals surface area contributed by atoms with E-state index in [2.05, 4.69) is 6.07 Å². The summed E-state index contributed by atoms with van der Waals surface area (Å²) >= 11 is 5.97. The Morgan fingerprint density at radius 1 is 1.20 bits per heavy atom. The van der Waals surface area contributed by atoms with E-state index in [1.165, 1.54) is 0 Å². The highest BCUT2D eigenvalue weighted by molar-refractivity contribution is 6.30. The summed E-state index contributed by atoms with van der Waals surface area (Å²) in [6, 6.07) is 16.9. The van der Waals surface area contributed by atoms with E-state index in [-0.39, 0.29) is 6.10 Å². The third-order valence-electron chi connectivity index (χ3n) is 2.93. The summed E-state index contributed by atoms with van der Waals surface area (Å²) in [6.45, 7) is 0.502. The zero-order valence-electron chi connectivity index (χ0n) is 10.9. The Morgan fingerprint density at radius 3 is 2.60 bits per heavy atom. The molecule has 0 aliphatic carbocycles. The van der Waals surface area contributed by atoms with Crippen molar-refractivity contribution in [1.82, 2.24) is 0 Å². The van der Waals surface area contributed by atoms with Gasteiger partial charge in [-0.15, -0.1) is 0 Å². The monoisotopic (exact) mass is 286 g/mol. The number of nitrogens with zero attached hydrogens (tertiary/aromatic N) is 1. The summed E-state index contributed by atoms with van der Waals surface area (Å²) in [5.74, 6) is 0.488. The summed E-state index contributed by atoms with van der Waals surface area (Å²) in [6.07, 6.45) is 0.480. The quantitative estimate of drug-likeness (QED) is 0.912. The second kappa shape index (κ2) is 6.95. The van der Waals surface area contributed by atoms with Crippen LogP contribution >= 0.6 is 11.6 Å². The summed E-state index contributed by atoms with van der Waals surface area (Å²) in [7, 11) is 0. The molecule has 0 fully saturated rings. The van der Waals surface area contributed by atoms with Gasteiger partial charge in [0.1, 0.15) is 17.9 Å². The van der Waals surface area contributed by atoms with E-state index >= 15 is 0 Å². The molecule has 2 N–H and O–H groups in total. The Bertz CT molecular complexity index is 608. The molecule has 1 atom stereocenters. The molecule has 4 heteroatoms. The molecule has 0 saturated carbocycles. The summed E-state index contributed by atoms with van der Waals surface area (Å²) in [5, 5.41) is 9.67. The van der Waals surface area contributed by atoms with Crippen LogP contribution in [0.5, 0.6) is 5.75 Å². The van der Waals surface area contributed by atoms with Crippen LogP contribution in [-0.4, -0.2) is 6.54 Å². The van der Waals surface area contributed by atoms with Gasteiger partial charge in [0.2, 0.25) is 0 Å². The minimum atomic E-state index is -0.188. The Labute approximate surface area is 123 Å². The lowest BCUT2D eigenvalue weighted by Crippen LogP contribution is -2.13. The number of ether oxygens (including phenoxy) is 1. The number of halogens is 1. The fraction of sp³-hybridized carbons (Fsp3) is 0.188. The lowest BCUT2D eigenvalue weighted by atomic mass is 10.1. The fourth-order valence-corrected chi connectivity index (χ4v) is 2.11. The van der Waals surface area contributed by atoms with E-state index in [4.69, 9.17) is 27.3 Å². The first-order valence-electron chi connectivity index (χ1n) is 6.36. The molecular formula is C16H15ClN2O. The number of rotatable bonds is 5. The fourth-order valence-electron chi connectivity index (χ4n) is 1.95. The largest absolute Gasteiger partial charge is 0.484 e. The van der Waals surface area contributed by atoms with Crippen molar-refractivity contribution in [3.05, 3.63) is 64.7 Å². The molecule has 1 unspecified atom stereocenters. The van der Waals surface area contributed by atoms with Crippen LogP contribution in [0.1, 0.15) is 23.7 Å². The summed E-state index contributed by atoms with van der Waals surface area (Å²) < 4.78 is 5.96. The van der Waals surface area contributed by atoms with Crippen LogP contribution < -0.4 is 10.5 Å². The Morgan fingerprint density at radius 2 is 1.95 bits per heavy atom. The molecule has 0 amide bonds. The lowest BCUT2D eigenvalue weighted by molar-refractivity contribution is 0.197. The van der Waals surface area contributed by atoms with Crippen LogP contribution in [0.25, 0.3) is 0 Å². The highest BCUT2D eigenvalue weighted by Gasteiger charge is 2.15. The second-order valence-electron chi connectivity index (χ2n) is 4.35. The van der Waals surface area contributed by atoms with Gasteiger partial charge in [-0.05, 0) is 24.2 Å². The van der Waals surface area contributed by atoms with Crippen LogP contribution in [0.15, 0.2) is 48.5 Å². The third-order valence-corrected chi connectivity index (χ3v) is 3.17. The SMILES string of the molecule is N#Cc1ccc(Cl)cc1OC(CCN)c1ccccc1. The molecule has 20 heavy (non-hydrogen) atoms. The lowest BCUT2D eigenvalue weighted by Gasteiger charge is -2.19. The van der Waals surface area contributed by atoms with Gasteiger partial charge >= 0.3 is 0 Å². The van der Waals surface area contributed by atoms with Gasteiger partial charge in [0.05, 0.1) is 5.56 Å². The average Bonchev–Trinajstić information content (AvgIpc) is 2.48. The molecule has 0 saturated heterocycles. The van der Waals surface area contributed by atoms with Crippen LogP contribution in [0.4, 0.5) is 0 Å². The third kappa shape index (κ3) is 3.51. The summed E-state index contributed by atoms with van der Waals surface area (Å²) in [5.41, 5.74) is 7.14. The van der Waals surface area contributed by atoms with Gasteiger partial charge in [0, 0.05) is 17.5 Å². The van der Waals surface area contributed by atoms with E-state index < -0.39 is 0 Å². The van der Waals surface area contributed by atoms with E-state index in [9.17, 15) is 0 Å². The molecule has 2 aromatic rings. The second-order valence-corrected chi connectivity index (χ2v) is 4.78. The molecular weight excluding hydrogens is 272 g/mol. The normalized spacial score (nSPS) is 11.7. The number of nitrogens with two attached hydrogens (primary N) is 1. The molecule has 102 valence electrons. The number of benzene rings is 2. The minimum absolute atomic E-state index is 0.188. The van der Waals surface area contributed by atoms with E-state index in [1.54, 1.807) is 18.2 Å². The molecule has 0 aliphatic rings. The zero-order valence-corrected chi connectivity index (χ0v) is 11.7. The van der Waals surface area contributed by atoms with Gasteiger partial charge in [0.15, 0.2) is 0 Å². The predicted molar refractivity (Wildman–Crippen MR) is 79.6 cm³/mol. The van der Waals surface area contributed by atoms with Gasteiger partial charge in [-0.25, -0.2) is 0 Å². The van der Waals surface area contributed by atoms with Crippen LogP contribution in [-0.2, 0) is 0 Å². The van der Waals surface area contributed by atoms with Crippen molar-refractivity contribution in [2.45, 2.75) is 12.5 Å². The van der Waals surface area contributed by atoms with Crippen molar-refractivity contribution in [2.24, 2.45) is 5.73 Å². The van der Waals surface area contributed by atoms with E-state index in [1.807, 2.05) is 30.3 Å². The molecule has 0 bridgehead atoms. The van der Waals surface area contributed by atoms with Gasteiger partial charge < -0.3 is 10.5 Å². The van der Waals surface area contributed by atoms with Crippen molar-refractivity contribution < 1.29 is 4.74 Å². The van der Waals surface area contributed by atoms with Crippen molar-refractivity contribution in [3.8, 4) is 11.8 Å². The maximum atomic E-state index is 9.12. The Balaban J connectivity index is 2.29. The summed E-state index contributed by atoms with van der Waals surface area (Å²) in [4.78, 5) is 0. The van der Waals surface area contributed by atoms with Crippen LogP contribution in [0, 0.1) is 11.3 Å². The Hall–Kier alpha value is -2.02. The maximum Gasteiger partial charge on any atom is 0.139 e. The molecule has 2 aromatic carbocycles. The Kier molecular flexibility index (Phi) is 5.00. The average molecular weight is 287 g/mol. The molecule has 0 aliphatic heterocycles. The van der Waals surface area contributed by atoms with E-state index in [0.29, 0.717) is 29.3 Å². The smallest absolute Gasteiger partial charge is 0.139 e. The molecule has 0 aromatic heterocycles.